The molecule has 3 heterocycles. The van der Waals surface area contributed by atoms with Crippen LogP contribution in [0.5, 0.6) is 0 Å². The summed E-state index contributed by atoms with van der Waals surface area (Å²) in [6.45, 7) is -0.427. The van der Waals surface area contributed by atoms with Crippen LogP contribution in [-0.4, -0.2) is 65.7 Å². The van der Waals surface area contributed by atoms with E-state index in [4.69, 9.17) is 27.9 Å². The first-order valence-electron chi connectivity index (χ1n) is 8.64. The largest absolute Gasteiger partial charge is 0.394 e. The predicted molar refractivity (Wildman–Crippen MR) is 118 cm³/mol. The normalized spacial score (nSPS) is 26.8. The highest BCUT2D eigenvalue weighted by atomic mass is 79.9. The first kappa shape index (κ1) is 22.4. The summed E-state index contributed by atoms with van der Waals surface area (Å²) in [5.74, 6) is 0. The molecule has 13 heteroatoms. The molecule has 3 aromatic rings. The number of halogens is 3. The van der Waals surface area contributed by atoms with Crippen molar-refractivity contribution in [2.24, 2.45) is 0 Å². The van der Waals surface area contributed by atoms with Gasteiger partial charge in [0.05, 0.1) is 22.8 Å². The van der Waals surface area contributed by atoms with Gasteiger partial charge in [0, 0.05) is 10.3 Å². The van der Waals surface area contributed by atoms with Crippen LogP contribution in [0.2, 0.25) is 10.0 Å². The summed E-state index contributed by atoms with van der Waals surface area (Å²) >= 11 is 17.9. The fourth-order valence-electron chi connectivity index (χ4n) is 3.05. The van der Waals surface area contributed by atoms with Crippen LogP contribution in [0.25, 0.3) is 10.7 Å². The summed E-state index contributed by atoms with van der Waals surface area (Å²) in [5, 5.41) is 42.8. The number of thiazole rings is 1. The maximum Gasteiger partial charge on any atom is 0.146 e. The Bertz CT molecular complexity index is 1040. The van der Waals surface area contributed by atoms with E-state index < -0.39 is 36.4 Å². The minimum atomic E-state index is -1.20. The lowest BCUT2D eigenvalue weighted by molar-refractivity contribution is -0.178. The third-order valence-electron chi connectivity index (χ3n) is 4.50. The highest BCUT2D eigenvalue weighted by Crippen LogP contribution is 2.39. The molecule has 1 aliphatic heterocycles. The van der Waals surface area contributed by atoms with Crippen molar-refractivity contribution < 1.29 is 20.1 Å². The van der Waals surface area contributed by atoms with E-state index in [1.54, 1.807) is 24.4 Å². The van der Waals surface area contributed by atoms with E-state index in [-0.39, 0.29) is 0 Å². The fraction of sp³-hybridized carbons (Fsp3) is 0.353. The summed E-state index contributed by atoms with van der Waals surface area (Å²) in [5.41, 5.74) is -0.291. The zero-order chi connectivity index (χ0) is 21.4. The van der Waals surface area contributed by atoms with Crippen molar-refractivity contribution in [1.29, 1.82) is 0 Å². The molecular formula is C17H15BrCl2N4O4S2. The van der Waals surface area contributed by atoms with Gasteiger partial charge in [-0.15, -0.1) is 16.4 Å². The van der Waals surface area contributed by atoms with E-state index in [0.29, 0.717) is 30.2 Å². The van der Waals surface area contributed by atoms with Gasteiger partial charge in [-0.25, -0.2) is 9.67 Å². The van der Waals surface area contributed by atoms with E-state index in [9.17, 15) is 15.3 Å². The Balaban J connectivity index is 1.61. The molecule has 1 fully saturated rings. The second-order valence-corrected chi connectivity index (χ2v) is 10.1. The number of rotatable bonds is 5. The number of aliphatic hydroxyl groups excluding tert-OH is 3. The summed E-state index contributed by atoms with van der Waals surface area (Å²) in [7, 11) is 0. The summed E-state index contributed by atoms with van der Waals surface area (Å²) in [6, 6.07) is 4.16. The Morgan fingerprint density at radius 3 is 2.70 bits per heavy atom. The molecule has 1 aliphatic rings. The van der Waals surface area contributed by atoms with E-state index in [1.807, 2.05) is 5.38 Å². The molecule has 0 bridgehead atoms. The second-order valence-electron chi connectivity index (χ2n) is 6.45. The monoisotopic (exact) mass is 552 g/mol. The van der Waals surface area contributed by atoms with Crippen molar-refractivity contribution in [2.45, 2.75) is 34.7 Å². The molecule has 2 aromatic heterocycles. The minimum Gasteiger partial charge on any atom is -0.394 e. The van der Waals surface area contributed by atoms with Crippen LogP contribution >= 0.6 is 62.2 Å². The fourth-order valence-corrected chi connectivity index (χ4v) is 5.72. The van der Waals surface area contributed by atoms with Crippen LogP contribution in [0.3, 0.4) is 0 Å². The molecule has 1 saturated heterocycles. The Hall–Kier alpha value is -0.760. The number of hydrogen-bond acceptors (Lipinski definition) is 9. The molecule has 1 aromatic carbocycles. The Kier molecular flexibility index (Phi) is 7.02. The van der Waals surface area contributed by atoms with Crippen LogP contribution < -0.4 is 0 Å². The molecule has 8 nitrogen and oxygen atoms in total. The molecule has 160 valence electrons. The van der Waals surface area contributed by atoms with Gasteiger partial charge < -0.3 is 20.1 Å². The first-order valence-corrected chi connectivity index (χ1v) is 12.0. The Morgan fingerprint density at radius 2 is 2.03 bits per heavy atom. The smallest absolute Gasteiger partial charge is 0.146 e. The Labute approximate surface area is 197 Å². The zero-order valence-electron chi connectivity index (χ0n) is 15.0. The van der Waals surface area contributed by atoms with Gasteiger partial charge in [0.1, 0.15) is 45.1 Å². The van der Waals surface area contributed by atoms with Gasteiger partial charge in [-0.3, -0.25) is 0 Å². The molecule has 3 N–H and O–H groups in total. The van der Waals surface area contributed by atoms with E-state index in [0.717, 1.165) is 0 Å². The van der Waals surface area contributed by atoms with Crippen LogP contribution in [0.1, 0.15) is 6.04 Å². The number of hydrogen-bond donors (Lipinski definition) is 3. The highest BCUT2D eigenvalue weighted by molar-refractivity contribution is 9.10. The standard InChI is InChI=1S/C17H15BrCl2N4O4S2/c18-12-6-29-16(21-12)10-4-24(23-22-10)13-14(26)11(5-25)28-17(15(13)27)30-7-1-2-8(19)9(20)3-7/h1-4,6,11,13-15,17,25-27H,5H2/t11-,13+,14+,15-,17-/m1/s1. The molecule has 0 aliphatic carbocycles. The van der Waals surface area contributed by atoms with Crippen LogP contribution in [-0.2, 0) is 4.74 Å². The molecule has 0 amide bonds. The number of nitrogens with zero attached hydrogens (tertiary/aromatic N) is 4. The minimum absolute atomic E-state index is 0.373. The SMILES string of the molecule is OC[C@H]1O[C@H](Sc2ccc(Cl)c(Cl)c2)[C@H](O)[C@@H](n2cc(-c3nc(Br)cs3)nn2)[C@H]1O. The quantitative estimate of drug-likeness (QED) is 0.441. The van der Waals surface area contributed by atoms with Crippen molar-refractivity contribution in [2.75, 3.05) is 6.61 Å². The molecule has 30 heavy (non-hydrogen) atoms. The van der Waals surface area contributed by atoms with Crippen molar-refractivity contribution >= 4 is 62.2 Å². The van der Waals surface area contributed by atoms with E-state index in [1.165, 1.54) is 27.8 Å². The predicted octanol–water partition coefficient (Wildman–Crippen LogP) is 3.24. The van der Waals surface area contributed by atoms with E-state index >= 15 is 0 Å². The summed E-state index contributed by atoms with van der Waals surface area (Å²) < 4.78 is 7.80. The number of ether oxygens (including phenoxy) is 1. The van der Waals surface area contributed by atoms with Crippen molar-refractivity contribution in [3.05, 3.63) is 44.4 Å². The van der Waals surface area contributed by atoms with Crippen molar-refractivity contribution in [3.63, 3.8) is 0 Å². The van der Waals surface area contributed by atoms with Gasteiger partial charge >= 0.3 is 0 Å². The molecular weight excluding hydrogens is 539 g/mol. The molecule has 0 saturated carbocycles. The molecule has 0 unspecified atom stereocenters. The highest BCUT2D eigenvalue weighted by Gasteiger charge is 2.46. The second kappa shape index (κ2) is 9.39. The lowest BCUT2D eigenvalue weighted by Crippen LogP contribution is -2.55. The van der Waals surface area contributed by atoms with Crippen LogP contribution in [0.4, 0.5) is 0 Å². The molecule has 0 spiro atoms. The third kappa shape index (κ3) is 4.54. The number of benzene rings is 1. The molecule has 5 atom stereocenters. The van der Waals surface area contributed by atoms with Crippen molar-refractivity contribution in [1.82, 2.24) is 20.0 Å². The number of aromatic nitrogens is 4. The van der Waals surface area contributed by atoms with E-state index in [2.05, 4.69) is 31.2 Å². The zero-order valence-corrected chi connectivity index (χ0v) is 19.7. The van der Waals surface area contributed by atoms with Crippen LogP contribution in [0, 0.1) is 0 Å². The van der Waals surface area contributed by atoms with Gasteiger partial charge in [-0.05, 0) is 34.1 Å². The molecule has 4 rings (SSSR count). The number of aliphatic hydroxyl groups is 3. The van der Waals surface area contributed by atoms with Gasteiger partial charge in [0.25, 0.3) is 0 Å². The lowest BCUT2D eigenvalue weighted by Gasteiger charge is -2.41. The van der Waals surface area contributed by atoms with Crippen molar-refractivity contribution in [3.8, 4) is 10.7 Å². The maximum absolute atomic E-state index is 11.0. The average Bonchev–Trinajstić information content (AvgIpc) is 3.36. The van der Waals surface area contributed by atoms with Gasteiger partial charge in [-0.1, -0.05) is 40.2 Å². The Morgan fingerprint density at radius 1 is 1.23 bits per heavy atom. The summed E-state index contributed by atoms with van der Waals surface area (Å²) in [6.07, 6.45) is -1.67. The third-order valence-corrected chi connectivity index (χ3v) is 7.96. The van der Waals surface area contributed by atoms with Gasteiger partial charge in [0.2, 0.25) is 0 Å². The van der Waals surface area contributed by atoms with Crippen LogP contribution in [0.15, 0.2) is 39.3 Å². The maximum atomic E-state index is 11.0. The molecule has 0 radical (unpaired) electrons. The number of thioether (sulfide) groups is 1. The van der Waals surface area contributed by atoms with Gasteiger partial charge in [-0.2, -0.15) is 0 Å². The summed E-state index contributed by atoms with van der Waals surface area (Å²) in [4.78, 5) is 5.01. The first-order chi connectivity index (χ1) is 14.4. The average molecular weight is 554 g/mol. The van der Waals surface area contributed by atoms with Gasteiger partial charge in [0.15, 0.2) is 0 Å². The topological polar surface area (TPSA) is 114 Å². The lowest BCUT2D eigenvalue weighted by atomic mass is 9.97.